The molecule has 0 aliphatic heterocycles. The topological polar surface area (TPSA) is 50.3 Å². The average molecular weight is 351 g/mol. The van der Waals surface area contributed by atoms with Gasteiger partial charge < -0.3 is 0 Å². The summed E-state index contributed by atoms with van der Waals surface area (Å²) >= 11 is 11.6. The monoisotopic (exact) mass is 350 g/mol. The van der Waals surface area contributed by atoms with Gasteiger partial charge in [0, 0.05) is 19.3 Å². The van der Waals surface area contributed by atoms with Crippen molar-refractivity contribution in [3.05, 3.63) is 22.4 Å². The average Bonchev–Trinajstić information content (AvgIpc) is 2.41. The minimum atomic E-state index is -3.59. The van der Waals surface area contributed by atoms with E-state index in [9.17, 15) is 8.42 Å². The Morgan fingerprint density at radius 3 is 2.38 bits per heavy atom. The zero-order valence-corrected chi connectivity index (χ0v) is 14.8. The van der Waals surface area contributed by atoms with Gasteiger partial charge in [0.2, 0.25) is 10.0 Å². The lowest BCUT2D eigenvalue weighted by Gasteiger charge is -2.38. The van der Waals surface area contributed by atoms with Crippen LogP contribution >= 0.6 is 23.2 Å². The van der Waals surface area contributed by atoms with E-state index in [0.29, 0.717) is 5.41 Å². The van der Waals surface area contributed by atoms with Crippen LogP contribution in [0.2, 0.25) is 10.2 Å². The second kappa shape index (κ2) is 6.03. The Balaban J connectivity index is 2.21. The Kier molecular flexibility index (Phi) is 4.88. The predicted octanol–water partition coefficient (Wildman–Crippen LogP) is 3.98. The molecule has 0 bridgehead atoms. The highest BCUT2D eigenvalue weighted by molar-refractivity contribution is 7.89. The normalized spacial score (nSPS) is 19.9. The van der Waals surface area contributed by atoms with Crippen molar-refractivity contribution in [3.8, 4) is 0 Å². The van der Waals surface area contributed by atoms with Crippen molar-refractivity contribution in [1.82, 2.24) is 9.29 Å². The summed E-state index contributed by atoms with van der Waals surface area (Å²) in [7, 11) is -1.96. The zero-order chi connectivity index (χ0) is 15.8. The first-order valence-electron chi connectivity index (χ1n) is 6.92. The van der Waals surface area contributed by atoms with Gasteiger partial charge >= 0.3 is 0 Å². The molecule has 118 valence electrons. The lowest BCUT2D eigenvalue weighted by atomic mass is 9.76. The minimum Gasteiger partial charge on any atom is -0.242 e. The van der Waals surface area contributed by atoms with Crippen LogP contribution in [0.5, 0.6) is 0 Å². The van der Waals surface area contributed by atoms with Crippen LogP contribution in [0.25, 0.3) is 0 Å². The number of aromatic nitrogens is 1. The standard InChI is InChI=1S/C14H20Cl2N2O2S/c1-14(2)6-4-10(5-7-14)18(3)21(19,20)11-8-12(15)13(16)17-9-11/h8-10H,4-7H2,1-3H3. The van der Waals surface area contributed by atoms with Gasteiger partial charge in [0.15, 0.2) is 0 Å². The Morgan fingerprint density at radius 2 is 1.86 bits per heavy atom. The van der Waals surface area contributed by atoms with Crippen molar-refractivity contribution < 1.29 is 8.42 Å². The Morgan fingerprint density at radius 1 is 1.29 bits per heavy atom. The molecule has 1 fully saturated rings. The number of hydrogen-bond donors (Lipinski definition) is 0. The fourth-order valence-corrected chi connectivity index (χ4v) is 4.38. The van der Waals surface area contributed by atoms with Crippen LogP contribution in [0.15, 0.2) is 17.2 Å². The smallest absolute Gasteiger partial charge is 0.242 e. The second-order valence-corrected chi connectivity index (χ2v) is 9.12. The molecule has 0 radical (unpaired) electrons. The van der Waals surface area contributed by atoms with E-state index >= 15 is 0 Å². The highest BCUT2D eigenvalue weighted by Crippen LogP contribution is 2.38. The highest BCUT2D eigenvalue weighted by Gasteiger charge is 2.34. The molecule has 0 spiro atoms. The van der Waals surface area contributed by atoms with Gasteiger partial charge in [0.1, 0.15) is 10.0 Å². The molecule has 0 N–H and O–H groups in total. The van der Waals surface area contributed by atoms with Gasteiger partial charge in [-0.05, 0) is 37.2 Å². The van der Waals surface area contributed by atoms with E-state index in [2.05, 4.69) is 18.8 Å². The lowest BCUT2D eigenvalue weighted by molar-refractivity contribution is 0.174. The Hall–Kier alpha value is -0.360. The summed E-state index contributed by atoms with van der Waals surface area (Å²) in [6.07, 6.45) is 5.05. The molecule has 1 aliphatic carbocycles. The van der Waals surface area contributed by atoms with E-state index in [-0.39, 0.29) is 21.1 Å². The molecule has 0 amide bonds. The van der Waals surface area contributed by atoms with Gasteiger partial charge in [-0.25, -0.2) is 13.4 Å². The molecule has 1 saturated carbocycles. The summed E-state index contributed by atoms with van der Waals surface area (Å²) in [6.45, 7) is 4.45. The molecular formula is C14H20Cl2N2O2S. The lowest BCUT2D eigenvalue weighted by Crippen LogP contribution is -2.40. The van der Waals surface area contributed by atoms with Gasteiger partial charge in [0.05, 0.1) is 5.02 Å². The Labute approximate surface area is 136 Å². The molecular weight excluding hydrogens is 331 g/mol. The van der Waals surface area contributed by atoms with Crippen LogP contribution in [0, 0.1) is 5.41 Å². The summed E-state index contributed by atoms with van der Waals surface area (Å²) < 4.78 is 26.7. The van der Waals surface area contributed by atoms with Gasteiger partial charge in [-0.1, -0.05) is 37.0 Å². The molecule has 1 aromatic heterocycles. The third-order valence-corrected chi connectivity index (χ3v) is 6.83. The molecule has 0 atom stereocenters. The maximum absolute atomic E-state index is 12.6. The van der Waals surface area contributed by atoms with Gasteiger partial charge in [-0.3, -0.25) is 0 Å². The van der Waals surface area contributed by atoms with E-state index in [1.54, 1.807) is 7.05 Å². The van der Waals surface area contributed by atoms with Crippen LogP contribution in [-0.2, 0) is 10.0 Å². The molecule has 1 aliphatic rings. The van der Waals surface area contributed by atoms with Crippen molar-refractivity contribution in [1.29, 1.82) is 0 Å². The molecule has 2 rings (SSSR count). The van der Waals surface area contributed by atoms with Crippen molar-refractivity contribution in [2.24, 2.45) is 5.41 Å². The molecule has 0 aromatic carbocycles. The highest BCUT2D eigenvalue weighted by atomic mass is 35.5. The van der Waals surface area contributed by atoms with Gasteiger partial charge in [0.25, 0.3) is 0 Å². The quantitative estimate of drug-likeness (QED) is 0.774. The van der Waals surface area contributed by atoms with Crippen LogP contribution in [0.3, 0.4) is 0 Å². The largest absolute Gasteiger partial charge is 0.244 e. The van der Waals surface area contributed by atoms with E-state index in [4.69, 9.17) is 23.2 Å². The van der Waals surface area contributed by atoms with Crippen LogP contribution in [0.4, 0.5) is 0 Å². The SMILES string of the molecule is CN(C1CCC(C)(C)CC1)S(=O)(=O)c1cnc(Cl)c(Cl)c1. The van der Waals surface area contributed by atoms with E-state index < -0.39 is 10.0 Å². The first-order chi connectivity index (χ1) is 9.63. The molecule has 4 nitrogen and oxygen atoms in total. The molecule has 1 heterocycles. The number of rotatable bonds is 3. The second-order valence-electron chi connectivity index (χ2n) is 6.36. The van der Waals surface area contributed by atoms with Crippen molar-refractivity contribution in [3.63, 3.8) is 0 Å². The minimum absolute atomic E-state index is 0.0254. The molecule has 0 unspecified atom stereocenters. The van der Waals surface area contributed by atoms with E-state index in [1.165, 1.54) is 16.6 Å². The van der Waals surface area contributed by atoms with Crippen LogP contribution in [0.1, 0.15) is 39.5 Å². The summed E-state index contributed by atoms with van der Waals surface area (Å²) in [4.78, 5) is 3.91. The molecule has 1 aromatic rings. The molecule has 0 saturated heterocycles. The van der Waals surface area contributed by atoms with Gasteiger partial charge in [-0.2, -0.15) is 4.31 Å². The first-order valence-corrected chi connectivity index (χ1v) is 9.12. The third kappa shape index (κ3) is 3.70. The van der Waals surface area contributed by atoms with Crippen LogP contribution in [-0.4, -0.2) is 30.8 Å². The first kappa shape index (κ1) is 17.0. The molecule has 21 heavy (non-hydrogen) atoms. The number of hydrogen-bond acceptors (Lipinski definition) is 3. The summed E-state index contributed by atoms with van der Waals surface area (Å²) in [6, 6.07) is 1.38. The number of sulfonamides is 1. The third-order valence-electron chi connectivity index (χ3n) is 4.27. The fraction of sp³-hybridized carbons (Fsp3) is 0.643. The number of nitrogens with zero attached hydrogens (tertiary/aromatic N) is 2. The maximum atomic E-state index is 12.6. The number of pyridine rings is 1. The van der Waals surface area contributed by atoms with E-state index in [1.807, 2.05) is 0 Å². The zero-order valence-electron chi connectivity index (χ0n) is 12.4. The van der Waals surface area contributed by atoms with Crippen molar-refractivity contribution in [2.45, 2.75) is 50.5 Å². The number of halogens is 2. The van der Waals surface area contributed by atoms with E-state index in [0.717, 1.165) is 25.7 Å². The predicted molar refractivity (Wildman–Crippen MR) is 85.2 cm³/mol. The van der Waals surface area contributed by atoms with Crippen molar-refractivity contribution >= 4 is 33.2 Å². The maximum Gasteiger partial charge on any atom is 0.244 e. The fourth-order valence-electron chi connectivity index (χ4n) is 2.65. The van der Waals surface area contributed by atoms with Crippen LogP contribution < -0.4 is 0 Å². The Bertz CT molecular complexity index is 622. The molecule has 7 heteroatoms. The summed E-state index contributed by atoms with van der Waals surface area (Å²) in [5, 5.41) is 0.258. The van der Waals surface area contributed by atoms with Crippen molar-refractivity contribution in [2.75, 3.05) is 7.05 Å². The summed E-state index contributed by atoms with van der Waals surface area (Å²) in [5.74, 6) is 0. The summed E-state index contributed by atoms with van der Waals surface area (Å²) in [5.41, 5.74) is 0.298. The van der Waals surface area contributed by atoms with Gasteiger partial charge in [-0.15, -0.1) is 0 Å².